The van der Waals surface area contributed by atoms with Gasteiger partial charge in [-0.15, -0.1) is 0 Å². The van der Waals surface area contributed by atoms with Gasteiger partial charge < -0.3 is 5.32 Å². The summed E-state index contributed by atoms with van der Waals surface area (Å²) < 4.78 is 3.67. The maximum Gasteiger partial charge on any atom is 0.263 e. The third-order valence-corrected chi connectivity index (χ3v) is 4.42. The second kappa shape index (κ2) is 6.59. The Morgan fingerprint density at radius 2 is 2.00 bits per heavy atom. The number of fused-ring (bicyclic) bond motifs is 1. The van der Waals surface area contributed by atoms with Crippen LogP contribution >= 0.6 is 0 Å². The Balaban J connectivity index is 1.56. The van der Waals surface area contributed by atoms with Gasteiger partial charge in [0.05, 0.1) is 11.7 Å². The lowest BCUT2D eigenvalue weighted by molar-refractivity contribution is 0.366. The highest BCUT2D eigenvalue weighted by Gasteiger charge is 2.19. The zero-order valence-electron chi connectivity index (χ0n) is 16.3. The molecule has 4 aromatic heterocycles. The topological polar surface area (TPSA) is 106 Å². The average Bonchev–Trinajstić information content (AvgIpc) is 3.26. The minimum Gasteiger partial charge on any atom is -0.352 e. The molecule has 4 heterocycles. The first-order chi connectivity index (χ1) is 13.3. The van der Waals surface area contributed by atoms with Crippen molar-refractivity contribution in [3.05, 3.63) is 58.7 Å². The minimum atomic E-state index is -0.273. The van der Waals surface area contributed by atoms with Crippen LogP contribution in [0.1, 0.15) is 32.2 Å². The Morgan fingerprint density at radius 1 is 1.18 bits per heavy atom. The molecule has 0 saturated carbocycles. The molecule has 4 aromatic rings. The van der Waals surface area contributed by atoms with E-state index >= 15 is 0 Å². The molecule has 0 aliphatic heterocycles. The molecule has 0 aliphatic carbocycles. The molecule has 28 heavy (non-hydrogen) atoms. The van der Waals surface area contributed by atoms with Crippen LogP contribution in [0.2, 0.25) is 0 Å². The Labute approximate surface area is 161 Å². The van der Waals surface area contributed by atoms with Crippen molar-refractivity contribution in [2.45, 2.75) is 39.8 Å². The summed E-state index contributed by atoms with van der Waals surface area (Å²) in [5.41, 5.74) is 1.04. The summed E-state index contributed by atoms with van der Waals surface area (Å²) in [6.45, 7) is 8.46. The van der Waals surface area contributed by atoms with Gasteiger partial charge in [-0.1, -0.05) is 6.07 Å². The zero-order valence-corrected chi connectivity index (χ0v) is 16.3. The van der Waals surface area contributed by atoms with Gasteiger partial charge in [-0.3, -0.25) is 14.3 Å². The molecule has 0 unspecified atom stereocenters. The Morgan fingerprint density at radius 3 is 2.64 bits per heavy atom. The van der Waals surface area contributed by atoms with Crippen molar-refractivity contribution in [3.8, 4) is 5.82 Å². The van der Waals surface area contributed by atoms with Gasteiger partial charge in [0.25, 0.3) is 5.56 Å². The number of H-pyrrole nitrogens is 1. The van der Waals surface area contributed by atoms with Crippen molar-refractivity contribution in [2.24, 2.45) is 0 Å². The van der Waals surface area contributed by atoms with Crippen molar-refractivity contribution in [1.82, 2.24) is 34.3 Å². The number of nitrogens with one attached hydrogen (secondary N) is 2. The molecule has 0 radical (unpaired) electrons. The highest BCUT2D eigenvalue weighted by molar-refractivity contribution is 5.74. The number of aromatic nitrogens is 7. The van der Waals surface area contributed by atoms with Crippen LogP contribution in [0.15, 0.2) is 41.7 Å². The van der Waals surface area contributed by atoms with Gasteiger partial charge in [0.15, 0.2) is 5.65 Å². The standard InChI is InChI=1S/C19H22N8O/c1-12-20-7-8-26(12)15-6-5-13(9-21-15)10-22-18-24-16-14(17(28)25-18)11-23-27(16)19(2,3)4/h5-9,11H,10H2,1-4H3,(H2,22,24,25,28). The fraction of sp³-hybridized carbons (Fsp3) is 0.316. The maximum atomic E-state index is 12.3. The first-order valence-corrected chi connectivity index (χ1v) is 9.00. The van der Waals surface area contributed by atoms with Crippen LogP contribution in [0.25, 0.3) is 16.9 Å². The molecule has 0 spiro atoms. The zero-order chi connectivity index (χ0) is 19.9. The highest BCUT2D eigenvalue weighted by atomic mass is 16.1. The molecule has 4 rings (SSSR count). The van der Waals surface area contributed by atoms with Crippen molar-refractivity contribution in [2.75, 3.05) is 5.32 Å². The lowest BCUT2D eigenvalue weighted by Crippen LogP contribution is -2.24. The summed E-state index contributed by atoms with van der Waals surface area (Å²) in [5.74, 6) is 2.09. The normalized spacial score (nSPS) is 11.9. The van der Waals surface area contributed by atoms with Gasteiger partial charge >= 0.3 is 0 Å². The van der Waals surface area contributed by atoms with Crippen LogP contribution in [-0.4, -0.2) is 34.3 Å². The van der Waals surface area contributed by atoms with Gasteiger partial charge in [0.1, 0.15) is 17.0 Å². The number of nitrogens with zero attached hydrogens (tertiary/aromatic N) is 6. The van der Waals surface area contributed by atoms with E-state index in [-0.39, 0.29) is 11.1 Å². The average molecular weight is 378 g/mol. The summed E-state index contributed by atoms with van der Waals surface area (Å²) in [7, 11) is 0. The smallest absolute Gasteiger partial charge is 0.263 e. The van der Waals surface area contributed by atoms with Crippen LogP contribution in [0.4, 0.5) is 5.95 Å². The van der Waals surface area contributed by atoms with Crippen LogP contribution in [0.3, 0.4) is 0 Å². The molecule has 0 aliphatic rings. The van der Waals surface area contributed by atoms with E-state index in [2.05, 4.69) is 30.4 Å². The Bertz CT molecular complexity index is 1180. The fourth-order valence-corrected chi connectivity index (χ4v) is 2.96. The molecule has 0 atom stereocenters. The van der Waals surface area contributed by atoms with E-state index in [0.29, 0.717) is 23.5 Å². The van der Waals surface area contributed by atoms with E-state index in [1.807, 2.05) is 50.6 Å². The van der Waals surface area contributed by atoms with Gasteiger partial charge in [0, 0.05) is 25.1 Å². The fourth-order valence-electron chi connectivity index (χ4n) is 2.96. The van der Waals surface area contributed by atoms with Crippen molar-refractivity contribution >= 4 is 17.0 Å². The predicted octanol–water partition coefficient (Wildman–Crippen LogP) is 2.38. The van der Waals surface area contributed by atoms with Gasteiger partial charge in [-0.05, 0) is 39.3 Å². The van der Waals surface area contributed by atoms with E-state index in [4.69, 9.17) is 0 Å². The number of aryl methyl sites for hydroxylation is 1. The van der Waals surface area contributed by atoms with Crippen molar-refractivity contribution < 1.29 is 0 Å². The second-order valence-corrected chi connectivity index (χ2v) is 7.60. The summed E-state index contributed by atoms with van der Waals surface area (Å²) in [4.78, 5) is 28.3. The van der Waals surface area contributed by atoms with Crippen molar-refractivity contribution in [3.63, 3.8) is 0 Å². The quantitative estimate of drug-likeness (QED) is 0.565. The first-order valence-electron chi connectivity index (χ1n) is 9.00. The lowest BCUT2D eigenvalue weighted by atomic mass is 10.1. The monoisotopic (exact) mass is 378 g/mol. The van der Waals surface area contributed by atoms with E-state index in [9.17, 15) is 4.79 Å². The molecule has 0 fully saturated rings. The van der Waals surface area contributed by atoms with E-state index < -0.39 is 0 Å². The van der Waals surface area contributed by atoms with Crippen molar-refractivity contribution in [1.29, 1.82) is 0 Å². The highest BCUT2D eigenvalue weighted by Crippen LogP contribution is 2.19. The number of hydrogen-bond acceptors (Lipinski definition) is 6. The van der Waals surface area contributed by atoms with Gasteiger partial charge in [0.2, 0.25) is 5.95 Å². The van der Waals surface area contributed by atoms with Crippen LogP contribution in [0.5, 0.6) is 0 Å². The number of hydrogen-bond donors (Lipinski definition) is 2. The van der Waals surface area contributed by atoms with Crippen LogP contribution < -0.4 is 10.9 Å². The number of rotatable bonds is 4. The molecule has 0 amide bonds. The molecule has 2 N–H and O–H groups in total. The molecule has 144 valence electrons. The third-order valence-electron chi connectivity index (χ3n) is 4.42. The number of pyridine rings is 1. The molecule has 0 aromatic carbocycles. The van der Waals surface area contributed by atoms with E-state index in [1.54, 1.807) is 23.3 Å². The largest absolute Gasteiger partial charge is 0.352 e. The molecular weight excluding hydrogens is 356 g/mol. The van der Waals surface area contributed by atoms with E-state index in [0.717, 1.165) is 17.2 Å². The number of anilines is 1. The maximum absolute atomic E-state index is 12.3. The summed E-state index contributed by atoms with van der Waals surface area (Å²) in [6.07, 6.45) is 6.96. The number of imidazole rings is 1. The second-order valence-electron chi connectivity index (χ2n) is 7.60. The molecule has 0 saturated heterocycles. The summed E-state index contributed by atoms with van der Waals surface area (Å²) >= 11 is 0. The number of aromatic amines is 1. The first kappa shape index (κ1) is 17.9. The van der Waals surface area contributed by atoms with Gasteiger partial charge in [-0.25, -0.2) is 14.6 Å². The SMILES string of the molecule is Cc1nccn1-c1ccc(CNc2nc3c(cnn3C(C)(C)C)c(=O)[nH]2)cn1. The third kappa shape index (κ3) is 3.26. The van der Waals surface area contributed by atoms with Crippen LogP contribution in [-0.2, 0) is 12.1 Å². The molecule has 9 heteroatoms. The van der Waals surface area contributed by atoms with E-state index in [1.165, 1.54) is 0 Å². The molecular formula is C19H22N8O. The Kier molecular flexibility index (Phi) is 4.21. The molecule has 9 nitrogen and oxygen atoms in total. The minimum absolute atomic E-state index is 0.216. The Hall–Kier alpha value is -3.49. The molecule has 0 bridgehead atoms. The predicted molar refractivity (Wildman–Crippen MR) is 107 cm³/mol. The van der Waals surface area contributed by atoms with Gasteiger partial charge in [-0.2, -0.15) is 10.1 Å². The lowest BCUT2D eigenvalue weighted by Gasteiger charge is -2.19. The summed E-state index contributed by atoms with van der Waals surface area (Å²) in [6, 6.07) is 3.91. The van der Waals surface area contributed by atoms with Crippen LogP contribution in [0, 0.1) is 6.92 Å². The summed E-state index contributed by atoms with van der Waals surface area (Å²) in [5, 5.41) is 7.95.